The highest BCUT2D eigenvalue weighted by molar-refractivity contribution is 9.10. The lowest BCUT2D eigenvalue weighted by Crippen LogP contribution is -2.14. The van der Waals surface area contributed by atoms with Crippen LogP contribution >= 0.6 is 15.9 Å². The van der Waals surface area contributed by atoms with Gasteiger partial charge in [-0.3, -0.25) is 0 Å². The van der Waals surface area contributed by atoms with Crippen molar-refractivity contribution < 1.29 is 9.47 Å². The van der Waals surface area contributed by atoms with E-state index >= 15 is 0 Å². The molecular weight excluding hydrogens is 330 g/mol. The van der Waals surface area contributed by atoms with Gasteiger partial charge in [0.2, 0.25) is 0 Å². The first kappa shape index (κ1) is 18.3. The minimum Gasteiger partial charge on any atom is -0.493 e. The van der Waals surface area contributed by atoms with Crippen molar-refractivity contribution in [3.05, 3.63) is 22.2 Å². The van der Waals surface area contributed by atoms with Crippen LogP contribution in [-0.2, 0) is 6.54 Å². The molecule has 0 aliphatic carbocycles. The van der Waals surface area contributed by atoms with E-state index in [2.05, 4.69) is 34.2 Å². The van der Waals surface area contributed by atoms with Gasteiger partial charge in [0.1, 0.15) is 0 Å². The van der Waals surface area contributed by atoms with Crippen molar-refractivity contribution in [1.82, 2.24) is 5.32 Å². The number of nitrogens with one attached hydrogen (secondary N) is 1. The predicted molar refractivity (Wildman–Crippen MR) is 92.3 cm³/mol. The second-order valence-electron chi connectivity index (χ2n) is 5.26. The number of benzene rings is 1. The molecule has 0 heterocycles. The minimum absolute atomic E-state index is 0.747. The highest BCUT2D eigenvalue weighted by Gasteiger charge is 2.10. The zero-order chi connectivity index (χ0) is 15.5. The predicted octanol–water partition coefficient (Wildman–Crippen LogP) is 4.92. The third-order valence-electron chi connectivity index (χ3n) is 3.53. The maximum absolute atomic E-state index is 5.36. The van der Waals surface area contributed by atoms with Crippen molar-refractivity contribution in [2.24, 2.45) is 0 Å². The summed E-state index contributed by atoms with van der Waals surface area (Å²) in [6, 6.07) is 4.10. The van der Waals surface area contributed by atoms with E-state index in [1.54, 1.807) is 14.2 Å². The van der Waals surface area contributed by atoms with E-state index in [1.807, 2.05) is 6.07 Å². The van der Waals surface area contributed by atoms with E-state index in [9.17, 15) is 0 Å². The number of halogens is 1. The van der Waals surface area contributed by atoms with Crippen LogP contribution in [0.2, 0.25) is 0 Å². The summed E-state index contributed by atoms with van der Waals surface area (Å²) in [6.45, 7) is 4.18. The first-order valence-electron chi connectivity index (χ1n) is 7.84. The summed E-state index contributed by atoms with van der Waals surface area (Å²) < 4.78 is 11.6. The van der Waals surface area contributed by atoms with E-state index in [0.717, 1.165) is 29.1 Å². The van der Waals surface area contributed by atoms with Crippen molar-refractivity contribution >= 4 is 15.9 Å². The summed E-state index contributed by atoms with van der Waals surface area (Å²) in [5, 5.41) is 3.49. The molecule has 0 fully saturated rings. The summed E-state index contributed by atoms with van der Waals surface area (Å²) in [5.41, 5.74) is 1.20. The van der Waals surface area contributed by atoms with Gasteiger partial charge in [-0.25, -0.2) is 0 Å². The summed E-state index contributed by atoms with van der Waals surface area (Å²) in [4.78, 5) is 0. The number of unbranched alkanes of at least 4 members (excludes halogenated alkanes) is 5. The third-order valence-corrected chi connectivity index (χ3v) is 4.12. The molecule has 0 aliphatic heterocycles. The Morgan fingerprint density at radius 3 is 2.38 bits per heavy atom. The van der Waals surface area contributed by atoms with Gasteiger partial charge in [0.05, 0.1) is 18.7 Å². The van der Waals surface area contributed by atoms with Crippen molar-refractivity contribution in [3.63, 3.8) is 0 Å². The fourth-order valence-corrected chi connectivity index (χ4v) is 2.99. The lowest BCUT2D eigenvalue weighted by atomic mass is 10.1. The topological polar surface area (TPSA) is 30.5 Å². The Morgan fingerprint density at radius 2 is 1.71 bits per heavy atom. The van der Waals surface area contributed by atoms with Crippen LogP contribution in [0.3, 0.4) is 0 Å². The van der Waals surface area contributed by atoms with E-state index in [-0.39, 0.29) is 0 Å². The zero-order valence-electron chi connectivity index (χ0n) is 13.5. The lowest BCUT2D eigenvalue weighted by molar-refractivity contribution is 0.352. The van der Waals surface area contributed by atoms with Crippen LogP contribution in [-0.4, -0.2) is 20.8 Å². The normalized spacial score (nSPS) is 10.7. The summed E-state index contributed by atoms with van der Waals surface area (Å²) >= 11 is 3.52. The maximum atomic E-state index is 5.36. The number of ether oxygens (including phenoxy) is 2. The number of hydrogen-bond donors (Lipinski definition) is 1. The SMILES string of the molecule is CCCCCCCCNCc1cc(Br)c(OC)c(OC)c1. The van der Waals surface area contributed by atoms with Gasteiger partial charge >= 0.3 is 0 Å². The number of methoxy groups -OCH3 is 2. The molecule has 0 saturated heterocycles. The van der Waals surface area contributed by atoms with Crippen molar-refractivity contribution in [1.29, 1.82) is 0 Å². The van der Waals surface area contributed by atoms with Gasteiger partial charge in [0, 0.05) is 6.54 Å². The molecule has 0 bridgehead atoms. The standard InChI is InChI=1S/C17H28BrNO2/c1-4-5-6-7-8-9-10-19-13-14-11-15(18)17(21-3)16(12-14)20-2/h11-12,19H,4-10,13H2,1-3H3. The molecular formula is C17H28BrNO2. The van der Waals surface area contributed by atoms with Crippen LogP contribution in [0.15, 0.2) is 16.6 Å². The molecule has 0 atom stereocenters. The second kappa shape index (κ2) is 10.9. The molecule has 0 aromatic heterocycles. The highest BCUT2D eigenvalue weighted by atomic mass is 79.9. The average Bonchev–Trinajstić information content (AvgIpc) is 2.49. The van der Waals surface area contributed by atoms with Gasteiger partial charge in [-0.1, -0.05) is 39.0 Å². The molecule has 0 spiro atoms. The Morgan fingerprint density at radius 1 is 1.00 bits per heavy atom. The number of rotatable bonds is 11. The van der Waals surface area contributed by atoms with E-state index < -0.39 is 0 Å². The maximum Gasteiger partial charge on any atom is 0.174 e. The Bertz CT molecular complexity index is 410. The molecule has 0 unspecified atom stereocenters. The minimum atomic E-state index is 0.747. The molecule has 1 rings (SSSR count). The molecule has 1 aromatic carbocycles. The molecule has 1 aromatic rings. The van der Waals surface area contributed by atoms with Gasteiger partial charge in [-0.2, -0.15) is 0 Å². The van der Waals surface area contributed by atoms with Crippen LogP contribution in [0.25, 0.3) is 0 Å². The summed E-state index contributed by atoms with van der Waals surface area (Å²) in [6.07, 6.45) is 7.98. The Hall–Kier alpha value is -0.740. The number of hydrogen-bond acceptors (Lipinski definition) is 3. The average molecular weight is 358 g/mol. The van der Waals surface area contributed by atoms with Gasteiger partial charge in [0.15, 0.2) is 11.5 Å². The quantitative estimate of drug-likeness (QED) is 0.570. The van der Waals surface area contributed by atoms with Gasteiger partial charge in [-0.15, -0.1) is 0 Å². The van der Waals surface area contributed by atoms with Crippen LogP contribution in [0.5, 0.6) is 11.5 Å². The van der Waals surface area contributed by atoms with Gasteiger partial charge < -0.3 is 14.8 Å². The van der Waals surface area contributed by atoms with E-state index in [0.29, 0.717) is 0 Å². The zero-order valence-corrected chi connectivity index (χ0v) is 15.1. The van der Waals surface area contributed by atoms with E-state index in [4.69, 9.17) is 9.47 Å². The van der Waals surface area contributed by atoms with E-state index in [1.165, 1.54) is 44.1 Å². The van der Waals surface area contributed by atoms with Crippen molar-refractivity contribution in [2.45, 2.75) is 52.0 Å². The second-order valence-corrected chi connectivity index (χ2v) is 6.11. The molecule has 120 valence electrons. The van der Waals surface area contributed by atoms with Crippen LogP contribution in [0.4, 0.5) is 0 Å². The molecule has 0 radical (unpaired) electrons. The Kier molecular flexibility index (Phi) is 9.51. The van der Waals surface area contributed by atoms with Crippen molar-refractivity contribution in [3.8, 4) is 11.5 Å². The fraction of sp³-hybridized carbons (Fsp3) is 0.647. The molecule has 0 aliphatic rings. The van der Waals surface area contributed by atoms with Gasteiger partial charge in [0.25, 0.3) is 0 Å². The monoisotopic (exact) mass is 357 g/mol. The molecule has 21 heavy (non-hydrogen) atoms. The molecule has 0 saturated carbocycles. The molecule has 3 nitrogen and oxygen atoms in total. The lowest BCUT2D eigenvalue weighted by Gasteiger charge is -2.12. The first-order chi connectivity index (χ1) is 10.2. The van der Waals surface area contributed by atoms with Crippen molar-refractivity contribution in [2.75, 3.05) is 20.8 Å². The Balaban J connectivity index is 2.31. The first-order valence-corrected chi connectivity index (χ1v) is 8.63. The van der Waals surface area contributed by atoms with Crippen LogP contribution < -0.4 is 14.8 Å². The molecule has 4 heteroatoms. The smallest absolute Gasteiger partial charge is 0.174 e. The Labute approximate surface area is 137 Å². The van der Waals surface area contributed by atoms with Crippen LogP contribution in [0, 0.1) is 0 Å². The van der Waals surface area contributed by atoms with Gasteiger partial charge in [-0.05, 0) is 46.6 Å². The summed E-state index contributed by atoms with van der Waals surface area (Å²) in [7, 11) is 3.32. The molecule has 1 N–H and O–H groups in total. The fourth-order valence-electron chi connectivity index (χ4n) is 2.34. The highest BCUT2D eigenvalue weighted by Crippen LogP contribution is 2.36. The largest absolute Gasteiger partial charge is 0.493 e. The van der Waals surface area contributed by atoms with Crippen LogP contribution in [0.1, 0.15) is 51.0 Å². The third kappa shape index (κ3) is 6.70. The summed E-state index contributed by atoms with van der Waals surface area (Å²) in [5.74, 6) is 1.51. The molecule has 0 amide bonds.